The van der Waals surface area contributed by atoms with Crippen molar-refractivity contribution in [2.45, 2.75) is 58.3 Å². The molecule has 2 aromatic rings. The van der Waals surface area contributed by atoms with Crippen molar-refractivity contribution in [3.8, 4) is 0 Å². The van der Waals surface area contributed by atoms with Crippen molar-refractivity contribution in [2.24, 2.45) is 0 Å². The van der Waals surface area contributed by atoms with Crippen molar-refractivity contribution in [3.05, 3.63) is 28.5 Å². The number of ether oxygens (including phenoxy) is 2. The first-order valence-corrected chi connectivity index (χ1v) is 13.2. The average molecular weight is 413 g/mol. The number of fused-ring (bicyclic) bond motifs is 1. The second-order valence-corrected chi connectivity index (χ2v) is 14.1. The molecule has 2 rings (SSSR count). The lowest BCUT2D eigenvalue weighted by Gasteiger charge is -2.24. The summed E-state index contributed by atoms with van der Waals surface area (Å²) >= 11 is 6.44. The summed E-state index contributed by atoms with van der Waals surface area (Å²) in [5.41, 5.74) is 0.359. The van der Waals surface area contributed by atoms with Crippen molar-refractivity contribution in [1.82, 2.24) is 9.55 Å². The Labute approximate surface area is 166 Å². The highest BCUT2D eigenvalue weighted by Crippen LogP contribution is 2.34. The lowest BCUT2D eigenvalue weighted by Crippen LogP contribution is -2.26. The Morgan fingerprint density at radius 1 is 1.41 bits per heavy atom. The SMILES string of the molecule is CCC(C)(O)c1cc2c(Cl)c(C(=O)OC)cnc2n1COCC[Si](C)(C)C. The van der Waals surface area contributed by atoms with E-state index < -0.39 is 19.6 Å². The van der Waals surface area contributed by atoms with E-state index >= 15 is 0 Å². The van der Waals surface area contributed by atoms with Gasteiger partial charge in [0.2, 0.25) is 0 Å². The number of pyridine rings is 1. The van der Waals surface area contributed by atoms with Crippen LogP contribution in [-0.4, -0.2) is 42.4 Å². The number of carbonyl (C=O) groups excluding carboxylic acids is 1. The minimum Gasteiger partial charge on any atom is -0.465 e. The van der Waals surface area contributed by atoms with Crippen molar-refractivity contribution < 1.29 is 19.4 Å². The van der Waals surface area contributed by atoms with Gasteiger partial charge in [-0.1, -0.05) is 38.2 Å². The van der Waals surface area contributed by atoms with Crippen molar-refractivity contribution in [1.29, 1.82) is 0 Å². The van der Waals surface area contributed by atoms with E-state index in [0.717, 1.165) is 6.04 Å². The summed E-state index contributed by atoms with van der Waals surface area (Å²) in [5.74, 6) is -0.544. The van der Waals surface area contributed by atoms with Crippen LogP contribution in [0.15, 0.2) is 12.3 Å². The summed E-state index contributed by atoms with van der Waals surface area (Å²) in [5, 5.41) is 11.7. The zero-order valence-corrected chi connectivity index (χ0v) is 18.7. The molecule has 1 unspecified atom stereocenters. The topological polar surface area (TPSA) is 73.6 Å². The molecule has 0 fully saturated rings. The maximum absolute atomic E-state index is 11.9. The number of esters is 1. The Hall–Kier alpha value is -1.41. The monoisotopic (exact) mass is 412 g/mol. The quantitative estimate of drug-likeness (QED) is 0.395. The molecular formula is C19H29ClN2O4Si. The van der Waals surface area contributed by atoms with E-state index in [1.807, 2.05) is 11.5 Å². The Kier molecular flexibility index (Phi) is 6.73. The van der Waals surface area contributed by atoms with Gasteiger partial charge in [0.15, 0.2) is 0 Å². The van der Waals surface area contributed by atoms with Crippen LogP contribution < -0.4 is 0 Å². The minimum absolute atomic E-state index is 0.200. The molecule has 0 aliphatic rings. The fourth-order valence-corrected chi connectivity index (χ4v) is 3.73. The number of rotatable bonds is 8. The number of hydrogen-bond donors (Lipinski definition) is 1. The molecule has 0 radical (unpaired) electrons. The predicted molar refractivity (Wildman–Crippen MR) is 110 cm³/mol. The van der Waals surface area contributed by atoms with Crippen LogP contribution in [0.3, 0.4) is 0 Å². The van der Waals surface area contributed by atoms with E-state index in [9.17, 15) is 9.90 Å². The summed E-state index contributed by atoms with van der Waals surface area (Å²) in [7, 11) is 0.104. The summed E-state index contributed by atoms with van der Waals surface area (Å²) in [4.78, 5) is 16.3. The number of carbonyl (C=O) groups is 1. The molecule has 8 heteroatoms. The number of halogens is 1. The van der Waals surface area contributed by atoms with Gasteiger partial charge < -0.3 is 19.1 Å². The molecule has 27 heavy (non-hydrogen) atoms. The van der Waals surface area contributed by atoms with Gasteiger partial charge in [-0.25, -0.2) is 9.78 Å². The lowest BCUT2D eigenvalue weighted by molar-refractivity contribution is 0.0296. The molecular weight excluding hydrogens is 384 g/mol. The average Bonchev–Trinajstić information content (AvgIpc) is 2.98. The van der Waals surface area contributed by atoms with E-state index in [0.29, 0.717) is 29.8 Å². The zero-order valence-electron chi connectivity index (χ0n) is 16.9. The van der Waals surface area contributed by atoms with Gasteiger partial charge in [-0.3, -0.25) is 0 Å². The molecule has 2 aromatic heterocycles. The van der Waals surface area contributed by atoms with Crippen molar-refractivity contribution in [3.63, 3.8) is 0 Å². The predicted octanol–water partition coefficient (Wildman–Crippen LogP) is 4.41. The molecule has 150 valence electrons. The van der Waals surface area contributed by atoms with Crippen LogP contribution in [-0.2, 0) is 21.8 Å². The van der Waals surface area contributed by atoms with Crippen LogP contribution in [0.25, 0.3) is 11.0 Å². The molecule has 1 atom stereocenters. The van der Waals surface area contributed by atoms with Gasteiger partial charge in [0.25, 0.3) is 0 Å². The van der Waals surface area contributed by atoms with Crippen molar-refractivity contribution >= 4 is 36.7 Å². The summed E-state index contributed by atoms with van der Waals surface area (Å²) < 4.78 is 12.5. The van der Waals surface area contributed by atoms with Gasteiger partial charge >= 0.3 is 5.97 Å². The molecule has 0 spiro atoms. The van der Waals surface area contributed by atoms with Crippen molar-refractivity contribution in [2.75, 3.05) is 13.7 Å². The molecule has 1 N–H and O–H groups in total. The molecule has 0 aliphatic heterocycles. The highest BCUT2D eigenvalue weighted by atomic mass is 35.5. The second kappa shape index (κ2) is 8.30. The zero-order chi connectivity index (χ0) is 20.4. The number of aromatic nitrogens is 2. The largest absolute Gasteiger partial charge is 0.465 e. The first-order valence-electron chi connectivity index (χ1n) is 9.08. The molecule has 0 aliphatic carbocycles. The van der Waals surface area contributed by atoms with E-state index in [-0.39, 0.29) is 17.3 Å². The van der Waals surface area contributed by atoms with Crippen LogP contribution >= 0.6 is 11.6 Å². The highest BCUT2D eigenvalue weighted by Gasteiger charge is 2.28. The molecule has 0 amide bonds. The fourth-order valence-electron chi connectivity index (χ4n) is 2.71. The van der Waals surface area contributed by atoms with Crippen LogP contribution in [0.1, 0.15) is 36.3 Å². The molecule has 6 nitrogen and oxygen atoms in total. The van der Waals surface area contributed by atoms with E-state index in [4.69, 9.17) is 21.1 Å². The van der Waals surface area contributed by atoms with Gasteiger partial charge in [-0.05, 0) is 25.5 Å². The third-order valence-electron chi connectivity index (χ3n) is 4.72. The summed E-state index contributed by atoms with van der Waals surface area (Å²) in [6.45, 7) is 11.5. The summed E-state index contributed by atoms with van der Waals surface area (Å²) in [6.07, 6.45) is 1.92. The van der Waals surface area contributed by atoms with Gasteiger partial charge in [0.1, 0.15) is 18.0 Å². The van der Waals surface area contributed by atoms with Crippen LogP contribution in [0, 0.1) is 0 Å². The fraction of sp³-hybridized carbons (Fsp3) is 0.579. The molecule has 0 aromatic carbocycles. The van der Waals surface area contributed by atoms with Crippen LogP contribution in [0.5, 0.6) is 0 Å². The molecule has 0 saturated carbocycles. The Morgan fingerprint density at radius 3 is 2.63 bits per heavy atom. The minimum atomic E-state index is -1.20. The third kappa shape index (κ3) is 4.90. The number of hydrogen-bond acceptors (Lipinski definition) is 5. The Morgan fingerprint density at radius 2 is 2.07 bits per heavy atom. The normalized spacial score (nSPS) is 14.4. The molecule has 0 saturated heterocycles. The number of methoxy groups -OCH3 is 1. The standard InChI is InChI=1S/C19H29ClN2O4Si/c1-7-19(2,24)15-10-13-16(20)14(18(23)25-3)11-21-17(13)22(15)12-26-8-9-27(4,5)6/h10-11,24H,7-9,12H2,1-6H3. The first-order chi connectivity index (χ1) is 12.5. The smallest absolute Gasteiger partial charge is 0.340 e. The Balaban J connectivity index is 2.47. The van der Waals surface area contributed by atoms with Gasteiger partial charge in [0, 0.05) is 26.3 Å². The highest BCUT2D eigenvalue weighted by molar-refractivity contribution is 6.76. The van der Waals surface area contributed by atoms with Crippen LogP contribution in [0.4, 0.5) is 0 Å². The third-order valence-corrected chi connectivity index (χ3v) is 6.83. The lowest BCUT2D eigenvalue weighted by atomic mass is 9.99. The maximum atomic E-state index is 11.9. The van der Waals surface area contributed by atoms with Crippen LogP contribution in [0.2, 0.25) is 30.7 Å². The van der Waals surface area contributed by atoms with E-state index in [1.54, 1.807) is 13.0 Å². The maximum Gasteiger partial charge on any atom is 0.340 e. The van der Waals surface area contributed by atoms with E-state index in [1.165, 1.54) is 13.3 Å². The summed E-state index contributed by atoms with van der Waals surface area (Å²) in [6, 6.07) is 2.83. The van der Waals surface area contributed by atoms with E-state index in [2.05, 4.69) is 24.6 Å². The van der Waals surface area contributed by atoms with Gasteiger partial charge in [-0.2, -0.15) is 0 Å². The molecule has 0 bridgehead atoms. The second-order valence-electron chi connectivity index (χ2n) is 8.15. The first kappa shape index (κ1) is 21.9. The number of nitrogens with zero attached hydrogens (tertiary/aromatic N) is 2. The van der Waals surface area contributed by atoms with Gasteiger partial charge in [0.05, 0.1) is 23.4 Å². The van der Waals surface area contributed by atoms with Gasteiger partial charge in [-0.15, -0.1) is 0 Å². The molecule has 2 heterocycles. The number of aliphatic hydroxyl groups is 1. The Bertz CT molecular complexity index is 827.